The third-order valence-electron chi connectivity index (χ3n) is 4.07. The highest BCUT2D eigenvalue weighted by Gasteiger charge is 2.10. The van der Waals surface area contributed by atoms with Crippen LogP contribution in [0.25, 0.3) is 0 Å². The summed E-state index contributed by atoms with van der Waals surface area (Å²) in [5, 5.41) is 31.5. The second-order valence-corrected chi connectivity index (χ2v) is 7.45. The number of nitriles is 1. The molecule has 0 saturated heterocycles. The van der Waals surface area contributed by atoms with Gasteiger partial charge in [-0.25, -0.2) is 0 Å². The molecule has 0 radical (unpaired) electrons. The molecule has 146 valence electrons. The van der Waals surface area contributed by atoms with Crippen LogP contribution in [0, 0.1) is 21.4 Å². The van der Waals surface area contributed by atoms with E-state index < -0.39 is 4.92 Å². The number of nitrogens with one attached hydrogen (secondary N) is 1. The van der Waals surface area contributed by atoms with Crippen molar-refractivity contribution in [3.8, 4) is 6.07 Å². The van der Waals surface area contributed by atoms with Crippen molar-refractivity contribution in [1.82, 2.24) is 5.32 Å². The number of non-ortho nitro benzene ring substituents is 1. The Morgan fingerprint density at radius 3 is 2.43 bits per heavy atom. The van der Waals surface area contributed by atoms with Gasteiger partial charge in [-0.2, -0.15) is 10.4 Å². The molecule has 0 heterocycles. The molecule has 8 nitrogen and oxygen atoms in total. The van der Waals surface area contributed by atoms with Gasteiger partial charge in [0.05, 0.1) is 43.9 Å². The van der Waals surface area contributed by atoms with Gasteiger partial charge in [0.25, 0.3) is 5.69 Å². The maximum atomic E-state index is 10.8. The highest BCUT2D eigenvalue weighted by atomic mass is 16.6. The van der Waals surface area contributed by atoms with Gasteiger partial charge in [0.15, 0.2) is 0 Å². The van der Waals surface area contributed by atoms with Gasteiger partial charge in [0.1, 0.15) is 11.8 Å². The fraction of sp³-hybridized carbons (Fsp3) is 0.350. The lowest BCUT2D eigenvalue weighted by molar-refractivity contribution is -0.869. The van der Waals surface area contributed by atoms with Crippen molar-refractivity contribution >= 4 is 17.1 Å². The van der Waals surface area contributed by atoms with Crippen molar-refractivity contribution in [1.29, 1.82) is 5.26 Å². The summed E-state index contributed by atoms with van der Waals surface area (Å²) in [4.78, 5) is 10.2. The van der Waals surface area contributed by atoms with E-state index in [-0.39, 0.29) is 11.3 Å². The van der Waals surface area contributed by atoms with Crippen LogP contribution >= 0.6 is 0 Å². The number of hydrogen-bond acceptors (Lipinski definition) is 6. The smallest absolute Gasteiger partial charge is 0.270 e. The minimum Gasteiger partial charge on any atom is -0.330 e. The molecule has 1 N–H and O–H groups in total. The Labute approximate surface area is 164 Å². The first kappa shape index (κ1) is 21.2. The average Bonchev–Trinajstić information content (AvgIpc) is 2.66. The Bertz CT molecular complexity index is 879. The Kier molecular flexibility index (Phi) is 7.32. The second kappa shape index (κ2) is 9.69. The number of rotatable bonds is 9. The van der Waals surface area contributed by atoms with Gasteiger partial charge in [-0.3, -0.25) is 10.1 Å². The molecular formula is C20H25N6O2+. The molecule has 0 saturated carbocycles. The number of quaternary nitrogens is 1. The Hall–Kier alpha value is -3.15. The van der Waals surface area contributed by atoms with Gasteiger partial charge in [0, 0.05) is 18.7 Å². The summed E-state index contributed by atoms with van der Waals surface area (Å²) in [6.45, 7) is 2.97. The van der Waals surface area contributed by atoms with Crippen LogP contribution in [0.2, 0.25) is 0 Å². The van der Waals surface area contributed by atoms with Crippen LogP contribution < -0.4 is 5.32 Å². The van der Waals surface area contributed by atoms with Gasteiger partial charge in [-0.15, -0.1) is 5.11 Å². The van der Waals surface area contributed by atoms with Crippen LogP contribution in [0.3, 0.4) is 0 Å². The van der Waals surface area contributed by atoms with E-state index in [1.54, 1.807) is 0 Å². The number of nitro groups is 1. The molecule has 0 aliphatic rings. The van der Waals surface area contributed by atoms with E-state index in [0.717, 1.165) is 30.5 Å². The lowest BCUT2D eigenvalue weighted by atomic mass is 10.1. The molecule has 0 atom stereocenters. The maximum Gasteiger partial charge on any atom is 0.270 e. The number of benzene rings is 2. The molecular weight excluding hydrogens is 356 g/mol. The molecule has 28 heavy (non-hydrogen) atoms. The molecule has 8 heteroatoms. The molecule has 0 bridgehead atoms. The average molecular weight is 381 g/mol. The summed E-state index contributed by atoms with van der Waals surface area (Å²) in [5.41, 5.74) is 2.14. The first-order chi connectivity index (χ1) is 13.3. The summed E-state index contributed by atoms with van der Waals surface area (Å²) in [5.74, 6) is 0. The monoisotopic (exact) mass is 381 g/mol. The van der Waals surface area contributed by atoms with Crippen molar-refractivity contribution in [2.45, 2.75) is 6.42 Å². The van der Waals surface area contributed by atoms with E-state index in [9.17, 15) is 10.1 Å². The largest absolute Gasteiger partial charge is 0.330 e. The lowest BCUT2D eigenvalue weighted by Gasteiger charge is -2.23. The SMILES string of the molecule is C[N+](C)(C)CCNCCc1ccc(N=Nc2ccc([N+](=O)[O-])cc2C#N)cc1. The second-order valence-electron chi connectivity index (χ2n) is 7.45. The topological polar surface area (TPSA) is 104 Å². The fourth-order valence-electron chi connectivity index (χ4n) is 2.43. The van der Waals surface area contributed by atoms with E-state index in [0.29, 0.717) is 11.4 Å². The van der Waals surface area contributed by atoms with Crippen LogP contribution in [-0.4, -0.2) is 50.2 Å². The maximum absolute atomic E-state index is 10.8. The van der Waals surface area contributed by atoms with Crippen molar-refractivity contribution in [3.05, 3.63) is 63.7 Å². The highest BCUT2D eigenvalue weighted by molar-refractivity contribution is 5.58. The molecule has 0 unspecified atom stereocenters. The van der Waals surface area contributed by atoms with Gasteiger partial charge in [0.2, 0.25) is 0 Å². The number of azo groups is 1. The normalized spacial score (nSPS) is 11.5. The van der Waals surface area contributed by atoms with Crippen LogP contribution in [0.15, 0.2) is 52.7 Å². The van der Waals surface area contributed by atoms with Crippen LogP contribution in [0.5, 0.6) is 0 Å². The first-order valence-corrected chi connectivity index (χ1v) is 8.99. The van der Waals surface area contributed by atoms with Gasteiger partial charge < -0.3 is 9.80 Å². The van der Waals surface area contributed by atoms with E-state index in [2.05, 4.69) is 36.7 Å². The van der Waals surface area contributed by atoms with Crippen LogP contribution in [-0.2, 0) is 6.42 Å². The summed E-state index contributed by atoms with van der Waals surface area (Å²) in [6, 6.07) is 13.6. The number of hydrogen-bond donors (Lipinski definition) is 1. The van der Waals surface area contributed by atoms with E-state index in [1.165, 1.54) is 23.8 Å². The van der Waals surface area contributed by atoms with E-state index in [1.807, 2.05) is 30.3 Å². The molecule has 0 spiro atoms. The molecule has 2 aromatic carbocycles. The van der Waals surface area contributed by atoms with Gasteiger partial charge >= 0.3 is 0 Å². The van der Waals surface area contributed by atoms with Crippen molar-refractivity contribution in [2.75, 3.05) is 40.8 Å². The minimum absolute atomic E-state index is 0.120. The Balaban J connectivity index is 1.92. The quantitative estimate of drug-likeness (QED) is 0.235. The number of nitrogens with zero attached hydrogens (tertiary/aromatic N) is 5. The molecule has 0 amide bonds. The summed E-state index contributed by atoms with van der Waals surface area (Å²) >= 11 is 0. The minimum atomic E-state index is -0.544. The Morgan fingerprint density at radius 1 is 1.11 bits per heavy atom. The van der Waals surface area contributed by atoms with Crippen molar-refractivity contribution in [2.24, 2.45) is 10.2 Å². The number of nitro benzene ring substituents is 1. The van der Waals surface area contributed by atoms with Crippen molar-refractivity contribution in [3.63, 3.8) is 0 Å². The van der Waals surface area contributed by atoms with Crippen LogP contribution in [0.1, 0.15) is 11.1 Å². The zero-order valence-electron chi connectivity index (χ0n) is 16.4. The Morgan fingerprint density at radius 2 is 1.82 bits per heavy atom. The number of likely N-dealkylation sites (N-methyl/N-ethyl adjacent to an activating group) is 1. The predicted octanol–water partition coefficient (Wildman–Crippen LogP) is 3.72. The third-order valence-corrected chi connectivity index (χ3v) is 4.07. The van der Waals surface area contributed by atoms with Gasteiger partial charge in [-0.05, 0) is 36.7 Å². The zero-order valence-corrected chi connectivity index (χ0v) is 16.4. The molecule has 0 fully saturated rings. The van der Waals surface area contributed by atoms with E-state index >= 15 is 0 Å². The first-order valence-electron chi connectivity index (χ1n) is 8.99. The summed E-state index contributed by atoms with van der Waals surface area (Å²) in [7, 11) is 6.52. The molecule has 0 aliphatic heterocycles. The fourth-order valence-corrected chi connectivity index (χ4v) is 2.43. The molecule has 0 aromatic heterocycles. The standard InChI is InChI=1S/C20H25N6O2/c1-26(2,3)13-12-22-11-10-16-4-6-18(7-5-16)23-24-20-9-8-19(25(27)28)14-17(20)15-21/h4-9,14,22H,10-13H2,1-3H3/q+1. The summed E-state index contributed by atoms with van der Waals surface area (Å²) < 4.78 is 0.939. The zero-order chi connectivity index (χ0) is 20.6. The highest BCUT2D eigenvalue weighted by Crippen LogP contribution is 2.26. The van der Waals surface area contributed by atoms with Gasteiger partial charge in [-0.1, -0.05) is 12.1 Å². The predicted molar refractivity (Wildman–Crippen MR) is 108 cm³/mol. The molecule has 2 aromatic rings. The third kappa shape index (κ3) is 6.87. The lowest BCUT2D eigenvalue weighted by Crippen LogP contribution is -2.40. The van der Waals surface area contributed by atoms with E-state index in [4.69, 9.17) is 5.26 Å². The van der Waals surface area contributed by atoms with Crippen LogP contribution in [0.4, 0.5) is 17.1 Å². The molecule has 0 aliphatic carbocycles. The molecule has 2 rings (SSSR count). The summed E-state index contributed by atoms with van der Waals surface area (Å²) in [6.07, 6.45) is 0.926. The van der Waals surface area contributed by atoms with Crippen molar-refractivity contribution < 1.29 is 9.41 Å².